The highest BCUT2D eigenvalue weighted by Gasteiger charge is 2.35. The van der Waals surface area contributed by atoms with E-state index in [0.717, 1.165) is 5.56 Å². The van der Waals surface area contributed by atoms with Crippen LogP contribution in [-0.2, 0) is 4.79 Å². The number of benzene rings is 1. The maximum absolute atomic E-state index is 11.9. The molecule has 2 aromatic rings. The summed E-state index contributed by atoms with van der Waals surface area (Å²) in [5.74, 6) is 1.04. The second-order valence-corrected chi connectivity index (χ2v) is 4.72. The second-order valence-electron chi connectivity index (χ2n) is 3.65. The number of aromatic nitrogens is 3. The molecular formula is C11H10N4OS. The molecule has 86 valence electrons. The van der Waals surface area contributed by atoms with Gasteiger partial charge in [0.05, 0.1) is 5.75 Å². The van der Waals surface area contributed by atoms with Gasteiger partial charge < -0.3 is 0 Å². The highest BCUT2D eigenvalue weighted by molar-refractivity contribution is 8.00. The number of hydrogen-bond acceptors (Lipinski definition) is 4. The van der Waals surface area contributed by atoms with E-state index in [1.54, 1.807) is 16.7 Å². The number of thioether (sulfide) groups is 1. The second kappa shape index (κ2) is 4.21. The Kier molecular flexibility index (Phi) is 2.56. The highest BCUT2D eigenvalue weighted by atomic mass is 32.2. The molecular weight excluding hydrogens is 236 g/mol. The van der Waals surface area contributed by atoms with Crippen molar-refractivity contribution < 1.29 is 4.79 Å². The SMILES string of the molecule is O=C1CSC(c2ccccc2)N1c1ncn[nH]1. The lowest BCUT2D eigenvalue weighted by Gasteiger charge is -2.20. The summed E-state index contributed by atoms with van der Waals surface area (Å²) in [7, 11) is 0. The molecule has 0 spiro atoms. The fourth-order valence-corrected chi connectivity index (χ4v) is 2.99. The lowest BCUT2D eigenvalue weighted by atomic mass is 10.2. The number of hydrogen-bond donors (Lipinski definition) is 1. The number of rotatable bonds is 2. The van der Waals surface area contributed by atoms with Crippen molar-refractivity contribution in [3.63, 3.8) is 0 Å². The molecule has 1 aliphatic rings. The first-order valence-electron chi connectivity index (χ1n) is 5.20. The first-order valence-corrected chi connectivity index (χ1v) is 6.25. The lowest BCUT2D eigenvalue weighted by Crippen LogP contribution is -2.28. The van der Waals surface area contributed by atoms with Crippen LogP contribution in [0.1, 0.15) is 10.9 Å². The molecule has 1 aromatic heterocycles. The van der Waals surface area contributed by atoms with Gasteiger partial charge in [-0.05, 0) is 5.56 Å². The fourth-order valence-electron chi connectivity index (χ4n) is 1.83. The maximum atomic E-state index is 11.9. The molecule has 1 aliphatic heterocycles. The molecule has 6 heteroatoms. The summed E-state index contributed by atoms with van der Waals surface area (Å²) < 4.78 is 0. The van der Waals surface area contributed by atoms with Crippen molar-refractivity contribution in [1.29, 1.82) is 0 Å². The van der Waals surface area contributed by atoms with Crippen LogP contribution in [0.25, 0.3) is 0 Å². The molecule has 0 aliphatic carbocycles. The van der Waals surface area contributed by atoms with Crippen LogP contribution in [0.5, 0.6) is 0 Å². The van der Waals surface area contributed by atoms with Crippen LogP contribution in [0.4, 0.5) is 5.95 Å². The van der Waals surface area contributed by atoms with Gasteiger partial charge in [0.1, 0.15) is 11.7 Å². The largest absolute Gasteiger partial charge is 0.273 e. The van der Waals surface area contributed by atoms with Crippen molar-refractivity contribution in [1.82, 2.24) is 15.2 Å². The minimum Gasteiger partial charge on any atom is -0.273 e. The smallest absolute Gasteiger partial charge is 0.240 e. The summed E-state index contributed by atoms with van der Waals surface area (Å²) >= 11 is 1.60. The summed E-state index contributed by atoms with van der Waals surface area (Å²) in [5, 5.41) is 6.51. The zero-order valence-electron chi connectivity index (χ0n) is 8.91. The predicted octanol–water partition coefficient (Wildman–Crippen LogP) is 1.58. The van der Waals surface area contributed by atoms with Crippen LogP contribution in [0.2, 0.25) is 0 Å². The molecule has 5 nitrogen and oxygen atoms in total. The summed E-state index contributed by atoms with van der Waals surface area (Å²) in [4.78, 5) is 17.6. The van der Waals surface area contributed by atoms with Crippen molar-refractivity contribution in [2.24, 2.45) is 0 Å². The molecule has 1 fully saturated rings. The third-order valence-electron chi connectivity index (χ3n) is 2.58. The van der Waals surface area contributed by atoms with E-state index in [4.69, 9.17) is 0 Å². The zero-order valence-corrected chi connectivity index (χ0v) is 9.72. The van der Waals surface area contributed by atoms with Gasteiger partial charge in [0.2, 0.25) is 11.9 Å². The predicted molar refractivity (Wildman–Crippen MR) is 65.5 cm³/mol. The molecule has 1 N–H and O–H groups in total. The molecule has 1 amide bonds. The van der Waals surface area contributed by atoms with Gasteiger partial charge in [-0.15, -0.1) is 11.8 Å². The van der Waals surface area contributed by atoms with E-state index in [1.807, 2.05) is 30.3 Å². The van der Waals surface area contributed by atoms with Crippen molar-refractivity contribution in [2.45, 2.75) is 5.37 Å². The Hall–Kier alpha value is -1.82. The number of carbonyl (C=O) groups is 1. The average Bonchev–Trinajstić information content (AvgIpc) is 2.99. The van der Waals surface area contributed by atoms with Gasteiger partial charge in [0.15, 0.2) is 0 Å². The van der Waals surface area contributed by atoms with Gasteiger partial charge in [-0.1, -0.05) is 30.3 Å². The van der Waals surface area contributed by atoms with Crippen molar-refractivity contribution in [3.05, 3.63) is 42.2 Å². The van der Waals surface area contributed by atoms with Crippen LogP contribution < -0.4 is 4.90 Å². The normalized spacial score (nSPS) is 19.9. The van der Waals surface area contributed by atoms with Gasteiger partial charge in [-0.2, -0.15) is 10.1 Å². The first kappa shape index (κ1) is 10.3. The number of anilines is 1. The van der Waals surface area contributed by atoms with Crippen molar-refractivity contribution in [3.8, 4) is 0 Å². The average molecular weight is 246 g/mol. The summed E-state index contributed by atoms with van der Waals surface area (Å²) in [5.41, 5.74) is 1.10. The Bertz CT molecular complexity index is 514. The van der Waals surface area contributed by atoms with Crippen LogP contribution in [0.3, 0.4) is 0 Å². The van der Waals surface area contributed by atoms with Gasteiger partial charge in [0, 0.05) is 0 Å². The van der Waals surface area contributed by atoms with Crippen LogP contribution >= 0.6 is 11.8 Å². The number of aromatic amines is 1. The van der Waals surface area contributed by atoms with E-state index in [0.29, 0.717) is 11.7 Å². The van der Waals surface area contributed by atoms with E-state index in [9.17, 15) is 4.79 Å². The number of carbonyl (C=O) groups excluding carboxylic acids is 1. The van der Waals surface area contributed by atoms with Crippen LogP contribution in [0.15, 0.2) is 36.7 Å². The Labute approximate surface area is 102 Å². The number of nitrogens with one attached hydrogen (secondary N) is 1. The van der Waals surface area contributed by atoms with E-state index in [-0.39, 0.29) is 11.3 Å². The minimum absolute atomic E-state index is 0.0170. The standard InChI is InChI=1S/C11H10N4OS/c16-9-6-17-10(8-4-2-1-3-5-8)15(9)11-12-7-13-14-11/h1-5,7,10H,6H2,(H,12,13,14). The molecule has 0 radical (unpaired) electrons. The van der Waals surface area contributed by atoms with Crippen LogP contribution in [-0.4, -0.2) is 26.8 Å². The van der Waals surface area contributed by atoms with E-state index >= 15 is 0 Å². The van der Waals surface area contributed by atoms with Crippen molar-refractivity contribution >= 4 is 23.6 Å². The Morgan fingerprint density at radius 1 is 1.35 bits per heavy atom. The molecule has 3 rings (SSSR count). The topological polar surface area (TPSA) is 61.9 Å². The maximum Gasteiger partial charge on any atom is 0.240 e. The molecule has 0 saturated carbocycles. The number of amides is 1. The molecule has 1 aromatic carbocycles. The summed E-state index contributed by atoms with van der Waals surface area (Å²) in [6, 6.07) is 9.93. The monoisotopic (exact) mass is 246 g/mol. The molecule has 1 saturated heterocycles. The molecule has 17 heavy (non-hydrogen) atoms. The Morgan fingerprint density at radius 2 is 2.18 bits per heavy atom. The van der Waals surface area contributed by atoms with Gasteiger partial charge >= 0.3 is 0 Å². The minimum atomic E-state index is -0.0170. The Balaban J connectivity index is 1.98. The first-order chi connectivity index (χ1) is 8.36. The molecule has 0 bridgehead atoms. The third kappa shape index (κ3) is 1.80. The zero-order chi connectivity index (χ0) is 11.7. The van der Waals surface area contributed by atoms with Crippen LogP contribution in [0, 0.1) is 0 Å². The van der Waals surface area contributed by atoms with E-state index < -0.39 is 0 Å². The number of nitrogens with zero attached hydrogens (tertiary/aromatic N) is 3. The lowest BCUT2D eigenvalue weighted by molar-refractivity contribution is -0.115. The van der Waals surface area contributed by atoms with E-state index in [1.165, 1.54) is 6.33 Å². The quantitative estimate of drug-likeness (QED) is 0.874. The van der Waals surface area contributed by atoms with Crippen molar-refractivity contribution in [2.75, 3.05) is 10.7 Å². The molecule has 2 heterocycles. The molecule has 1 unspecified atom stereocenters. The summed E-state index contributed by atoms with van der Waals surface area (Å²) in [6.07, 6.45) is 1.41. The van der Waals surface area contributed by atoms with Gasteiger partial charge in [-0.3, -0.25) is 9.69 Å². The van der Waals surface area contributed by atoms with E-state index in [2.05, 4.69) is 15.2 Å². The Morgan fingerprint density at radius 3 is 2.88 bits per heavy atom. The third-order valence-corrected chi connectivity index (χ3v) is 3.80. The highest BCUT2D eigenvalue weighted by Crippen LogP contribution is 2.39. The van der Waals surface area contributed by atoms with Gasteiger partial charge in [-0.25, -0.2) is 5.10 Å². The van der Waals surface area contributed by atoms with Gasteiger partial charge in [0.25, 0.3) is 0 Å². The number of H-pyrrole nitrogens is 1. The molecule has 1 atom stereocenters. The fraction of sp³-hybridized carbons (Fsp3) is 0.182. The summed E-state index contributed by atoms with van der Waals surface area (Å²) in [6.45, 7) is 0.